The summed E-state index contributed by atoms with van der Waals surface area (Å²) in [6, 6.07) is 13.8. The van der Waals surface area contributed by atoms with Crippen LogP contribution in [-0.4, -0.2) is 33.6 Å². The smallest absolute Gasteiger partial charge is 0.191 e. The maximum Gasteiger partial charge on any atom is 0.191 e. The standard InChI is InChI=1S/C20H25ClN6.HI/c1-4-22-19(23-13-18-26-25-17-10-5-6-11-27(17)18)24-14-20(2,3)15-8-7-9-16(21)12-15;/h5-12H,4,13-14H2,1-3H3,(H2,22,23,24);1H. The number of benzene rings is 1. The molecule has 0 aliphatic heterocycles. The zero-order chi connectivity index (χ0) is 19.3. The second-order valence-electron chi connectivity index (χ2n) is 6.99. The molecule has 150 valence electrons. The van der Waals surface area contributed by atoms with Crippen LogP contribution in [0.2, 0.25) is 5.02 Å². The lowest BCUT2D eigenvalue weighted by Gasteiger charge is -2.27. The maximum atomic E-state index is 6.15. The monoisotopic (exact) mass is 512 g/mol. The van der Waals surface area contributed by atoms with Crippen LogP contribution in [0.25, 0.3) is 5.65 Å². The summed E-state index contributed by atoms with van der Waals surface area (Å²) in [5.74, 6) is 1.55. The van der Waals surface area contributed by atoms with E-state index in [1.54, 1.807) is 0 Å². The Labute approximate surface area is 187 Å². The van der Waals surface area contributed by atoms with Crippen molar-refractivity contribution in [1.29, 1.82) is 0 Å². The van der Waals surface area contributed by atoms with E-state index >= 15 is 0 Å². The minimum Gasteiger partial charge on any atom is -0.357 e. The van der Waals surface area contributed by atoms with Crippen molar-refractivity contribution in [2.24, 2.45) is 4.99 Å². The first-order valence-corrected chi connectivity index (χ1v) is 9.44. The molecular formula is C20H26ClIN6. The van der Waals surface area contributed by atoms with E-state index in [4.69, 9.17) is 11.6 Å². The molecule has 0 spiro atoms. The van der Waals surface area contributed by atoms with Crippen LogP contribution < -0.4 is 10.6 Å². The summed E-state index contributed by atoms with van der Waals surface area (Å²) >= 11 is 6.15. The Morgan fingerprint density at radius 3 is 2.71 bits per heavy atom. The molecule has 6 nitrogen and oxygen atoms in total. The highest BCUT2D eigenvalue weighted by Gasteiger charge is 2.21. The van der Waals surface area contributed by atoms with E-state index in [-0.39, 0.29) is 29.4 Å². The lowest BCUT2D eigenvalue weighted by atomic mass is 9.84. The fourth-order valence-electron chi connectivity index (χ4n) is 2.81. The fourth-order valence-corrected chi connectivity index (χ4v) is 3.00. The molecule has 0 aliphatic carbocycles. The van der Waals surface area contributed by atoms with Crippen LogP contribution in [0.5, 0.6) is 0 Å². The summed E-state index contributed by atoms with van der Waals surface area (Å²) in [7, 11) is 0. The summed E-state index contributed by atoms with van der Waals surface area (Å²) in [6.07, 6.45) is 1.95. The van der Waals surface area contributed by atoms with Gasteiger partial charge in [0.15, 0.2) is 17.4 Å². The van der Waals surface area contributed by atoms with Crippen LogP contribution in [-0.2, 0) is 12.0 Å². The van der Waals surface area contributed by atoms with Crippen molar-refractivity contribution < 1.29 is 0 Å². The van der Waals surface area contributed by atoms with Crippen LogP contribution in [0, 0.1) is 0 Å². The number of pyridine rings is 1. The minimum atomic E-state index is -0.0946. The molecule has 0 fully saturated rings. The number of fused-ring (bicyclic) bond motifs is 1. The Balaban J connectivity index is 0.00000280. The van der Waals surface area contributed by atoms with Crippen LogP contribution in [0.3, 0.4) is 0 Å². The van der Waals surface area contributed by atoms with Crippen molar-refractivity contribution in [3.63, 3.8) is 0 Å². The molecule has 2 aromatic heterocycles. The lowest BCUT2D eigenvalue weighted by molar-refractivity contribution is 0.508. The third-order valence-corrected chi connectivity index (χ3v) is 4.65. The lowest BCUT2D eigenvalue weighted by Crippen LogP contribution is -2.43. The molecule has 2 N–H and O–H groups in total. The van der Waals surface area contributed by atoms with Gasteiger partial charge in [-0.2, -0.15) is 0 Å². The average molecular weight is 513 g/mol. The van der Waals surface area contributed by atoms with Gasteiger partial charge in [-0.15, -0.1) is 34.2 Å². The first-order valence-electron chi connectivity index (χ1n) is 9.06. The van der Waals surface area contributed by atoms with Gasteiger partial charge in [0, 0.05) is 29.7 Å². The molecule has 1 aromatic carbocycles. The molecule has 3 rings (SSSR count). The van der Waals surface area contributed by atoms with Gasteiger partial charge in [0.05, 0.1) is 0 Å². The van der Waals surface area contributed by atoms with E-state index in [1.165, 1.54) is 5.56 Å². The zero-order valence-electron chi connectivity index (χ0n) is 16.3. The third kappa shape index (κ3) is 5.57. The molecule has 0 radical (unpaired) electrons. The van der Waals surface area contributed by atoms with Crippen molar-refractivity contribution in [3.05, 3.63) is 65.1 Å². The molecule has 0 aliphatic rings. The van der Waals surface area contributed by atoms with Crippen LogP contribution in [0.4, 0.5) is 0 Å². The Hall–Kier alpha value is -1.87. The maximum absolute atomic E-state index is 6.15. The summed E-state index contributed by atoms with van der Waals surface area (Å²) in [6.45, 7) is 8.36. The van der Waals surface area contributed by atoms with E-state index < -0.39 is 0 Å². The van der Waals surface area contributed by atoms with E-state index in [1.807, 2.05) is 53.9 Å². The molecule has 0 saturated carbocycles. The molecule has 8 heteroatoms. The number of nitrogens with one attached hydrogen (secondary N) is 2. The van der Waals surface area contributed by atoms with Gasteiger partial charge in [-0.3, -0.25) is 4.40 Å². The van der Waals surface area contributed by atoms with E-state index in [0.29, 0.717) is 6.54 Å². The van der Waals surface area contributed by atoms with E-state index in [9.17, 15) is 0 Å². The van der Waals surface area contributed by atoms with Crippen molar-refractivity contribution in [1.82, 2.24) is 25.2 Å². The third-order valence-electron chi connectivity index (χ3n) is 4.41. The van der Waals surface area contributed by atoms with Gasteiger partial charge in [0.2, 0.25) is 0 Å². The van der Waals surface area contributed by atoms with Crippen molar-refractivity contribution in [2.45, 2.75) is 32.7 Å². The zero-order valence-corrected chi connectivity index (χ0v) is 19.4. The Morgan fingerprint density at radius 1 is 1.14 bits per heavy atom. The largest absolute Gasteiger partial charge is 0.357 e. The second kappa shape index (κ2) is 10.1. The Kier molecular flexibility index (Phi) is 8.06. The molecule has 0 atom stereocenters. The molecule has 2 heterocycles. The van der Waals surface area contributed by atoms with E-state index in [0.717, 1.165) is 35.5 Å². The molecular weight excluding hydrogens is 487 g/mol. The second-order valence-corrected chi connectivity index (χ2v) is 7.42. The molecule has 0 bridgehead atoms. The van der Waals surface area contributed by atoms with Gasteiger partial charge in [-0.1, -0.05) is 43.6 Å². The number of aliphatic imine (C=N–C) groups is 1. The molecule has 0 amide bonds. The number of hydrogen-bond acceptors (Lipinski definition) is 3. The van der Waals surface area contributed by atoms with Gasteiger partial charge >= 0.3 is 0 Å². The number of aromatic nitrogens is 3. The Bertz CT molecular complexity index is 937. The van der Waals surface area contributed by atoms with E-state index in [2.05, 4.69) is 45.7 Å². The number of rotatable bonds is 6. The first kappa shape index (κ1) is 22.4. The molecule has 3 aromatic rings. The quantitative estimate of drug-likeness (QED) is 0.297. The van der Waals surface area contributed by atoms with Gasteiger partial charge in [-0.25, -0.2) is 4.99 Å². The number of nitrogens with zero attached hydrogens (tertiary/aromatic N) is 4. The van der Waals surface area contributed by atoms with Crippen molar-refractivity contribution in [3.8, 4) is 0 Å². The highest BCUT2D eigenvalue weighted by molar-refractivity contribution is 14.0. The summed E-state index contributed by atoms with van der Waals surface area (Å²) in [4.78, 5) is 4.67. The predicted octanol–water partition coefficient (Wildman–Crippen LogP) is 4.03. The SMILES string of the molecule is CCNC(=NCc1nnc2ccccn12)NCC(C)(C)c1cccc(Cl)c1.I. The minimum absolute atomic E-state index is 0. The van der Waals surface area contributed by atoms with Gasteiger partial charge in [0.1, 0.15) is 6.54 Å². The molecule has 28 heavy (non-hydrogen) atoms. The summed E-state index contributed by atoms with van der Waals surface area (Å²) in [5.41, 5.74) is 1.91. The fraction of sp³-hybridized carbons (Fsp3) is 0.350. The van der Waals surface area contributed by atoms with Gasteiger partial charge in [0.25, 0.3) is 0 Å². The van der Waals surface area contributed by atoms with Crippen molar-refractivity contribution >= 4 is 47.2 Å². The van der Waals surface area contributed by atoms with Crippen LogP contribution in [0.15, 0.2) is 53.7 Å². The normalized spacial score (nSPS) is 11.9. The summed E-state index contributed by atoms with van der Waals surface area (Å²) < 4.78 is 1.95. The van der Waals surface area contributed by atoms with Gasteiger partial charge in [-0.05, 0) is 36.8 Å². The van der Waals surface area contributed by atoms with Crippen LogP contribution >= 0.6 is 35.6 Å². The molecule has 0 saturated heterocycles. The highest BCUT2D eigenvalue weighted by atomic mass is 127. The Morgan fingerprint density at radius 2 is 1.96 bits per heavy atom. The van der Waals surface area contributed by atoms with Crippen LogP contribution in [0.1, 0.15) is 32.2 Å². The average Bonchev–Trinajstić information content (AvgIpc) is 3.07. The highest BCUT2D eigenvalue weighted by Crippen LogP contribution is 2.24. The molecule has 0 unspecified atom stereocenters. The number of guanidine groups is 1. The predicted molar refractivity (Wildman–Crippen MR) is 126 cm³/mol. The number of halogens is 2. The first-order chi connectivity index (χ1) is 13.0. The van der Waals surface area contributed by atoms with Gasteiger partial charge < -0.3 is 10.6 Å². The number of hydrogen-bond donors (Lipinski definition) is 2. The van der Waals surface area contributed by atoms with Crippen molar-refractivity contribution in [2.75, 3.05) is 13.1 Å². The topological polar surface area (TPSA) is 66.6 Å². The summed E-state index contributed by atoms with van der Waals surface area (Å²) in [5, 5.41) is 15.9.